The van der Waals surface area contributed by atoms with Crippen LogP contribution >= 0.6 is 12.2 Å². The number of aliphatic hydroxyl groups is 1. The average molecular weight is 405 g/mol. The molecule has 1 radical (unpaired) electrons. The van der Waals surface area contributed by atoms with Gasteiger partial charge in [0.1, 0.15) is 12.1 Å². The van der Waals surface area contributed by atoms with Crippen LogP contribution in [0.5, 0.6) is 0 Å². The molecule has 2 rings (SSSR count). The van der Waals surface area contributed by atoms with Crippen LogP contribution in [0, 0.1) is 19.6 Å². The second-order valence-corrected chi connectivity index (χ2v) is 6.04. The van der Waals surface area contributed by atoms with Gasteiger partial charge in [-0.05, 0) is 32.5 Å². The molecule has 0 aliphatic carbocycles. The molecular formula is C16H18N3O2SY-. The monoisotopic (exact) mass is 405 g/mol. The maximum Gasteiger partial charge on any atom is 0.256 e. The van der Waals surface area contributed by atoms with Crippen LogP contribution in [0.2, 0.25) is 0 Å². The van der Waals surface area contributed by atoms with Gasteiger partial charge in [0.15, 0.2) is 5.11 Å². The van der Waals surface area contributed by atoms with Crippen LogP contribution in [-0.4, -0.2) is 39.7 Å². The van der Waals surface area contributed by atoms with Crippen molar-refractivity contribution in [1.29, 1.82) is 0 Å². The molecule has 0 spiro atoms. The summed E-state index contributed by atoms with van der Waals surface area (Å²) in [5.74, 6) is -0.123. The van der Waals surface area contributed by atoms with Crippen LogP contribution in [0.1, 0.15) is 25.8 Å². The zero-order valence-electron chi connectivity index (χ0n) is 13.5. The minimum absolute atomic E-state index is 0. The fourth-order valence-electron chi connectivity index (χ4n) is 2.48. The normalized spacial score (nSPS) is 16.3. The van der Waals surface area contributed by atoms with E-state index in [1.165, 1.54) is 4.90 Å². The van der Waals surface area contributed by atoms with Crippen LogP contribution < -0.4 is 4.90 Å². The van der Waals surface area contributed by atoms with Crippen molar-refractivity contribution in [2.75, 3.05) is 18.1 Å². The zero-order chi connectivity index (χ0) is 16.5. The maximum atomic E-state index is 12.7. The van der Waals surface area contributed by atoms with Crippen molar-refractivity contribution in [2.24, 2.45) is 0 Å². The number of amides is 1. The number of aliphatic hydroxyl groups excluding tert-OH is 1. The fraction of sp³-hybridized carbons (Fsp3) is 0.438. The molecule has 1 saturated heterocycles. The largest absolute Gasteiger partial charge is 0.396 e. The Kier molecular flexibility index (Phi) is 6.85. The number of aryl methyl sites for hydroxylation is 1. The fourth-order valence-corrected chi connectivity index (χ4v) is 2.99. The molecule has 1 fully saturated rings. The van der Waals surface area contributed by atoms with Crippen LogP contribution in [0.3, 0.4) is 0 Å². The van der Waals surface area contributed by atoms with E-state index in [0.29, 0.717) is 35.0 Å². The van der Waals surface area contributed by atoms with Gasteiger partial charge in [0.25, 0.3) is 5.91 Å². The second-order valence-electron chi connectivity index (χ2n) is 5.68. The van der Waals surface area contributed by atoms with Crippen molar-refractivity contribution in [1.82, 2.24) is 4.90 Å². The molecule has 5 nitrogen and oxygen atoms in total. The van der Waals surface area contributed by atoms with E-state index >= 15 is 0 Å². The van der Waals surface area contributed by atoms with E-state index in [2.05, 4.69) is 10.9 Å². The van der Waals surface area contributed by atoms with Crippen molar-refractivity contribution < 1.29 is 42.6 Å². The number of thiocarbonyl (C=S) groups is 1. The van der Waals surface area contributed by atoms with Gasteiger partial charge in [-0.3, -0.25) is 9.69 Å². The number of carbonyl (C=O) groups is 1. The van der Waals surface area contributed by atoms with Gasteiger partial charge < -0.3 is 10.0 Å². The summed E-state index contributed by atoms with van der Waals surface area (Å²) in [4.78, 5) is 19.4. The van der Waals surface area contributed by atoms with E-state index < -0.39 is 5.54 Å². The van der Waals surface area contributed by atoms with Gasteiger partial charge in [0.05, 0.1) is 0 Å². The standard InChI is InChI=1S/C16H18N3O2S.Y/c1-11-10-12(6-7-13(11)17-4)19-14(21)16(2,3)18(15(19)22)8-5-9-20;/h6-7,20H,5,8-9H2,1-3H3;/q-1;. The first-order valence-corrected chi connectivity index (χ1v) is 7.42. The summed E-state index contributed by atoms with van der Waals surface area (Å²) in [6.45, 7) is 13.1. The molecule has 1 aliphatic rings. The van der Waals surface area contributed by atoms with Crippen LogP contribution in [0.25, 0.3) is 4.85 Å². The number of carbonyl (C=O) groups excluding carboxylic acids is 1. The van der Waals surface area contributed by atoms with Crippen LogP contribution in [0.4, 0.5) is 11.4 Å². The first-order chi connectivity index (χ1) is 10.3. The van der Waals surface area contributed by atoms with Gasteiger partial charge in [-0.1, -0.05) is 24.2 Å². The molecule has 1 aromatic rings. The summed E-state index contributed by atoms with van der Waals surface area (Å²) in [6, 6.07) is 6.44. The summed E-state index contributed by atoms with van der Waals surface area (Å²) in [5.41, 5.74) is 0.999. The third kappa shape index (κ3) is 3.64. The van der Waals surface area contributed by atoms with E-state index in [-0.39, 0.29) is 45.2 Å². The van der Waals surface area contributed by atoms with Crippen LogP contribution in [-0.2, 0) is 37.5 Å². The third-order valence-electron chi connectivity index (χ3n) is 3.82. The van der Waals surface area contributed by atoms with Crippen molar-refractivity contribution in [3.63, 3.8) is 0 Å². The van der Waals surface area contributed by atoms with Crippen molar-refractivity contribution in [3.05, 3.63) is 35.2 Å². The van der Waals surface area contributed by atoms with E-state index in [4.69, 9.17) is 23.9 Å². The van der Waals surface area contributed by atoms with Crippen molar-refractivity contribution in [2.45, 2.75) is 32.7 Å². The molecule has 1 heterocycles. The Morgan fingerprint density at radius 2 is 2.09 bits per heavy atom. The summed E-state index contributed by atoms with van der Waals surface area (Å²) >= 11 is 5.46. The molecule has 0 atom stereocenters. The SMILES string of the molecule is [C-]#[N+]c1ccc(N2C(=O)C(C)(C)N(CCCO)C2=S)[c-]c1C.[Y]. The predicted octanol–water partition coefficient (Wildman–Crippen LogP) is 2.44. The molecule has 0 saturated carbocycles. The smallest absolute Gasteiger partial charge is 0.256 e. The number of hydrogen-bond acceptors (Lipinski definition) is 3. The Hall–Kier alpha value is -0.866. The first kappa shape index (κ1) is 20.2. The number of anilines is 1. The molecule has 0 aromatic heterocycles. The van der Waals surface area contributed by atoms with Crippen molar-refractivity contribution >= 4 is 34.6 Å². The molecule has 119 valence electrons. The molecule has 0 bridgehead atoms. The second kappa shape index (κ2) is 7.80. The average Bonchev–Trinajstić information content (AvgIpc) is 2.63. The molecule has 1 N–H and O–H groups in total. The number of nitrogens with zero attached hydrogens (tertiary/aromatic N) is 3. The summed E-state index contributed by atoms with van der Waals surface area (Å²) in [5, 5.41) is 9.43. The summed E-state index contributed by atoms with van der Waals surface area (Å²) in [6.07, 6.45) is 0.546. The molecule has 23 heavy (non-hydrogen) atoms. The maximum absolute atomic E-state index is 12.7. The zero-order valence-corrected chi connectivity index (χ0v) is 17.1. The van der Waals surface area contributed by atoms with Gasteiger partial charge >= 0.3 is 0 Å². The van der Waals surface area contributed by atoms with Gasteiger partial charge in [0.2, 0.25) is 5.69 Å². The van der Waals surface area contributed by atoms with Crippen molar-refractivity contribution in [3.8, 4) is 0 Å². The Labute approximate surface area is 167 Å². The molecule has 1 aliphatic heterocycles. The Morgan fingerprint density at radius 3 is 2.61 bits per heavy atom. The van der Waals surface area contributed by atoms with Gasteiger partial charge in [-0.25, -0.2) is 4.85 Å². The molecule has 0 unspecified atom stereocenters. The van der Waals surface area contributed by atoms with E-state index in [0.717, 1.165) is 0 Å². The summed E-state index contributed by atoms with van der Waals surface area (Å²) in [7, 11) is 0. The van der Waals surface area contributed by atoms with Gasteiger partial charge in [0, 0.05) is 45.9 Å². The number of hydrogen-bond donors (Lipinski definition) is 1. The Balaban J connectivity index is 0.00000264. The van der Waals surface area contributed by atoms with E-state index in [1.807, 2.05) is 18.7 Å². The van der Waals surface area contributed by atoms with E-state index in [1.54, 1.807) is 19.1 Å². The topological polar surface area (TPSA) is 48.1 Å². The number of rotatable bonds is 4. The van der Waals surface area contributed by atoms with Crippen LogP contribution in [0.15, 0.2) is 12.1 Å². The molecular weight excluding hydrogens is 387 g/mol. The minimum atomic E-state index is -0.757. The van der Waals surface area contributed by atoms with Gasteiger partial charge in [-0.2, -0.15) is 0 Å². The van der Waals surface area contributed by atoms with Gasteiger partial charge in [-0.15, -0.1) is 12.1 Å². The quantitative estimate of drug-likeness (QED) is 0.618. The summed E-state index contributed by atoms with van der Waals surface area (Å²) < 4.78 is 0. The third-order valence-corrected chi connectivity index (χ3v) is 4.23. The predicted molar refractivity (Wildman–Crippen MR) is 88.8 cm³/mol. The Bertz CT molecular complexity index is 670. The van der Waals surface area contributed by atoms with E-state index in [9.17, 15) is 4.79 Å². The molecule has 7 heteroatoms. The minimum Gasteiger partial charge on any atom is -0.396 e. The molecule has 1 amide bonds. The first-order valence-electron chi connectivity index (χ1n) is 7.02. The molecule has 1 aromatic carbocycles. The Morgan fingerprint density at radius 1 is 1.43 bits per heavy atom. The number of benzene rings is 1.